The summed E-state index contributed by atoms with van der Waals surface area (Å²) in [5.41, 5.74) is 5.41. The summed E-state index contributed by atoms with van der Waals surface area (Å²) in [7, 11) is 0. The topological polar surface area (TPSA) is 55.1 Å². The van der Waals surface area contributed by atoms with Crippen LogP contribution in [0.3, 0.4) is 0 Å². The maximum atomic E-state index is 11.7. The Morgan fingerprint density at radius 2 is 2.00 bits per heavy atom. The molecule has 0 aromatic carbocycles. The number of carbonyl (C=O) groups is 1. The second kappa shape index (κ2) is 4.97. The van der Waals surface area contributed by atoms with Gasteiger partial charge in [-0.1, -0.05) is 19.8 Å². The van der Waals surface area contributed by atoms with E-state index >= 15 is 0 Å². The molecule has 15 heavy (non-hydrogen) atoms. The first-order chi connectivity index (χ1) is 6.88. The van der Waals surface area contributed by atoms with Crippen LogP contribution in [0, 0.1) is 5.92 Å². The van der Waals surface area contributed by atoms with Gasteiger partial charge in [0.2, 0.25) is 5.91 Å². The fourth-order valence-electron chi connectivity index (χ4n) is 2.20. The van der Waals surface area contributed by atoms with Crippen LogP contribution in [0.1, 0.15) is 52.9 Å². The van der Waals surface area contributed by atoms with Crippen LogP contribution in [0.2, 0.25) is 0 Å². The van der Waals surface area contributed by atoms with Gasteiger partial charge in [0.25, 0.3) is 0 Å². The molecule has 3 N–H and O–H groups in total. The van der Waals surface area contributed by atoms with Crippen LogP contribution < -0.4 is 11.1 Å². The highest BCUT2D eigenvalue weighted by Crippen LogP contribution is 2.23. The molecule has 88 valence electrons. The monoisotopic (exact) mass is 212 g/mol. The van der Waals surface area contributed by atoms with Gasteiger partial charge in [-0.3, -0.25) is 4.79 Å². The molecule has 1 amide bonds. The van der Waals surface area contributed by atoms with E-state index in [9.17, 15) is 4.79 Å². The lowest BCUT2D eigenvalue weighted by molar-refractivity contribution is -0.123. The van der Waals surface area contributed by atoms with Crippen molar-refractivity contribution in [1.82, 2.24) is 5.32 Å². The molecule has 2 unspecified atom stereocenters. The Morgan fingerprint density at radius 3 is 2.53 bits per heavy atom. The zero-order valence-electron chi connectivity index (χ0n) is 10.2. The molecule has 1 rings (SSSR count). The minimum absolute atomic E-state index is 0.0984. The van der Waals surface area contributed by atoms with Crippen molar-refractivity contribution >= 4 is 5.91 Å². The molecule has 0 spiro atoms. The minimum Gasteiger partial charge on any atom is -0.353 e. The normalized spacial score (nSPS) is 27.5. The number of carbonyl (C=O) groups excluding carboxylic acids is 1. The van der Waals surface area contributed by atoms with Crippen molar-refractivity contribution < 1.29 is 4.79 Å². The lowest BCUT2D eigenvalue weighted by Gasteiger charge is -2.30. The number of nitrogens with two attached hydrogens (primary N) is 1. The largest absolute Gasteiger partial charge is 0.353 e. The molecule has 3 heteroatoms. The third-order valence-corrected chi connectivity index (χ3v) is 3.07. The van der Waals surface area contributed by atoms with Crippen molar-refractivity contribution in [1.29, 1.82) is 0 Å². The van der Waals surface area contributed by atoms with Crippen LogP contribution in [0.15, 0.2) is 0 Å². The van der Waals surface area contributed by atoms with Gasteiger partial charge in [0.15, 0.2) is 0 Å². The summed E-state index contributed by atoms with van der Waals surface area (Å²) < 4.78 is 0. The Bertz CT molecular complexity index is 220. The van der Waals surface area contributed by atoms with Crippen molar-refractivity contribution in [2.24, 2.45) is 11.7 Å². The molecule has 0 saturated heterocycles. The number of rotatable bonds is 3. The second-order valence-electron chi connectivity index (χ2n) is 5.60. The summed E-state index contributed by atoms with van der Waals surface area (Å²) in [5.74, 6) is 0.713. The summed E-state index contributed by atoms with van der Waals surface area (Å²) in [6, 6.07) is 0.369. The van der Waals surface area contributed by atoms with E-state index in [1.54, 1.807) is 0 Å². The van der Waals surface area contributed by atoms with Crippen LogP contribution >= 0.6 is 0 Å². The molecule has 0 aromatic heterocycles. The van der Waals surface area contributed by atoms with Gasteiger partial charge >= 0.3 is 0 Å². The van der Waals surface area contributed by atoms with E-state index in [0.717, 1.165) is 6.42 Å². The van der Waals surface area contributed by atoms with Gasteiger partial charge in [0, 0.05) is 18.0 Å². The number of hydrogen-bond donors (Lipinski definition) is 2. The predicted molar refractivity (Wildman–Crippen MR) is 62.4 cm³/mol. The Balaban J connectivity index is 2.36. The highest BCUT2D eigenvalue weighted by Gasteiger charge is 2.24. The molecule has 3 nitrogen and oxygen atoms in total. The fourth-order valence-corrected chi connectivity index (χ4v) is 2.20. The molecule has 0 radical (unpaired) electrons. The molecular weight excluding hydrogens is 188 g/mol. The number of hydrogen-bond acceptors (Lipinski definition) is 2. The van der Waals surface area contributed by atoms with Gasteiger partial charge in [0.1, 0.15) is 0 Å². The lowest BCUT2D eigenvalue weighted by atomic mass is 9.85. The maximum absolute atomic E-state index is 11.7. The van der Waals surface area contributed by atoms with Gasteiger partial charge in [0.05, 0.1) is 0 Å². The fraction of sp³-hybridized carbons (Fsp3) is 0.917. The van der Waals surface area contributed by atoms with Crippen LogP contribution in [-0.4, -0.2) is 17.5 Å². The van der Waals surface area contributed by atoms with Gasteiger partial charge < -0.3 is 11.1 Å². The molecule has 1 aliphatic rings. The average Bonchev–Trinajstić information content (AvgIpc) is 2.05. The highest BCUT2D eigenvalue weighted by atomic mass is 16.1. The molecule has 0 heterocycles. The van der Waals surface area contributed by atoms with Gasteiger partial charge in [-0.2, -0.15) is 0 Å². The molecule has 1 fully saturated rings. The van der Waals surface area contributed by atoms with E-state index < -0.39 is 5.54 Å². The molecule has 1 saturated carbocycles. The maximum Gasteiger partial charge on any atom is 0.222 e. The van der Waals surface area contributed by atoms with Gasteiger partial charge in [-0.15, -0.1) is 0 Å². The van der Waals surface area contributed by atoms with Crippen LogP contribution in [0.25, 0.3) is 0 Å². The molecule has 0 bridgehead atoms. The zero-order valence-corrected chi connectivity index (χ0v) is 10.2. The second-order valence-corrected chi connectivity index (χ2v) is 5.60. The predicted octanol–water partition coefficient (Wildman–Crippen LogP) is 1.81. The summed E-state index contributed by atoms with van der Waals surface area (Å²) in [5, 5.41) is 3.11. The van der Waals surface area contributed by atoms with Crippen molar-refractivity contribution in [3.8, 4) is 0 Å². The van der Waals surface area contributed by atoms with Gasteiger partial charge in [-0.25, -0.2) is 0 Å². The van der Waals surface area contributed by atoms with Crippen LogP contribution in [0.5, 0.6) is 0 Å². The van der Waals surface area contributed by atoms with Crippen molar-refractivity contribution in [3.63, 3.8) is 0 Å². The zero-order chi connectivity index (χ0) is 11.5. The summed E-state index contributed by atoms with van der Waals surface area (Å²) in [6.07, 6.45) is 5.31. The Kier molecular flexibility index (Phi) is 4.14. The lowest BCUT2D eigenvalue weighted by Crippen LogP contribution is -2.45. The number of nitrogens with one attached hydrogen (secondary N) is 1. The Labute approximate surface area is 92.8 Å². The first-order valence-electron chi connectivity index (χ1n) is 5.97. The molecule has 1 aliphatic carbocycles. The minimum atomic E-state index is -0.401. The SMILES string of the molecule is CC1CCCCC1NC(=O)CC(C)(C)N. The summed E-state index contributed by atoms with van der Waals surface area (Å²) in [6.45, 7) is 5.99. The highest BCUT2D eigenvalue weighted by molar-refractivity contribution is 5.77. The van der Waals surface area contributed by atoms with E-state index in [0.29, 0.717) is 18.4 Å². The van der Waals surface area contributed by atoms with Crippen molar-refractivity contribution in [3.05, 3.63) is 0 Å². The molecule has 2 atom stereocenters. The summed E-state index contributed by atoms with van der Waals surface area (Å²) >= 11 is 0. The molecular formula is C12H24N2O. The van der Waals surface area contributed by atoms with E-state index in [2.05, 4.69) is 12.2 Å². The van der Waals surface area contributed by atoms with E-state index in [1.807, 2.05) is 13.8 Å². The van der Waals surface area contributed by atoms with Gasteiger partial charge in [-0.05, 0) is 32.6 Å². The average molecular weight is 212 g/mol. The third kappa shape index (κ3) is 4.65. The van der Waals surface area contributed by atoms with Crippen LogP contribution in [0.4, 0.5) is 0 Å². The smallest absolute Gasteiger partial charge is 0.222 e. The van der Waals surface area contributed by atoms with Crippen LogP contribution in [-0.2, 0) is 4.79 Å². The third-order valence-electron chi connectivity index (χ3n) is 3.07. The first kappa shape index (κ1) is 12.5. The molecule has 0 aliphatic heterocycles. The quantitative estimate of drug-likeness (QED) is 0.749. The molecule has 0 aromatic rings. The van der Waals surface area contributed by atoms with E-state index in [4.69, 9.17) is 5.73 Å². The van der Waals surface area contributed by atoms with Crippen molar-refractivity contribution in [2.45, 2.75) is 64.5 Å². The summed E-state index contributed by atoms with van der Waals surface area (Å²) in [4.78, 5) is 11.7. The first-order valence-corrected chi connectivity index (χ1v) is 5.97. The van der Waals surface area contributed by atoms with E-state index in [1.165, 1.54) is 19.3 Å². The Morgan fingerprint density at radius 1 is 1.40 bits per heavy atom. The van der Waals surface area contributed by atoms with Crippen molar-refractivity contribution in [2.75, 3.05) is 0 Å². The van der Waals surface area contributed by atoms with E-state index in [-0.39, 0.29) is 5.91 Å². The Hall–Kier alpha value is -0.570. The standard InChI is InChI=1S/C12H24N2O/c1-9-6-4-5-7-10(9)14-11(15)8-12(2,3)13/h9-10H,4-8,13H2,1-3H3,(H,14,15). The number of amides is 1.